The number of esters is 1. The van der Waals surface area contributed by atoms with E-state index in [0.717, 1.165) is 4.88 Å². The van der Waals surface area contributed by atoms with E-state index in [-0.39, 0.29) is 36.8 Å². The van der Waals surface area contributed by atoms with Gasteiger partial charge in [-0.2, -0.15) is 0 Å². The van der Waals surface area contributed by atoms with Crippen LogP contribution >= 0.6 is 23.1 Å². The molecule has 2 aliphatic heterocycles. The zero-order valence-electron chi connectivity index (χ0n) is 20.0. The van der Waals surface area contributed by atoms with Crippen LogP contribution < -0.4 is 0 Å². The molecule has 35 heavy (non-hydrogen) atoms. The molecule has 1 amide bonds. The highest BCUT2D eigenvalue weighted by Gasteiger charge is 2.60. The number of carbonyl (C=O) groups excluding carboxylic acids is 3. The fourth-order valence-electron chi connectivity index (χ4n) is 3.99. The molecule has 4 atom stereocenters. The lowest BCUT2D eigenvalue weighted by molar-refractivity contribution is -0.166. The van der Waals surface area contributed by atoms with Crippen LogP contribution in [-0.4, -0.2) is 63.7 Å². The Bertz CT molecular complexity index is 1000. The average molecular weight is 527 g/mol. The number of thioether (sulfide) groups is 1. The molecule has 192 valence electrons. The van der Waals surface area contributed by atoms with Crippen LogP contribution in [-0.2, 0) is 30.4 Å². The molecule has 1 saturated heterocycles. The van der Waals surface area contributed by atoms with E-state index in [4.69, 9.17) is 14.2 Å². The lowest BCUT2D eigenvalue weighted by Gasteiger charge is -2.46. The third-order valence-electron chi connectivity index (χ3n) is 5.82. The Labute approximate surface area is 211 Å². The third-order valence-corrected chi connectivity index (χ3v) is 7.75. The first-order valence-electron chi connectivity index (χ1n) is 11.3. The van der Waals surface area contributed by atoms with Crippen molar-refractivity contribution in [2.24, 2.45) is 17.8 Å². The number of hydrogen-bond donors (Lipinski definition) is 2. The summed E-state index contributed by atoms with van der Waals surface area (Å²) in [7, 11) is 0. The Morgan fingerprint density at radius 3 is 2.69 bits per heavy atom. The predicted octanol–water partition coefficient (Wildman–Crippen LogP) is 3.11. The second kappa shape index (κ2) is 12.0. The SMILES string of the molecule is CC(C)CCOC(=O)OCOC(=O)C1=C(S/C=C\c2scnc2CO)[C@H](C)[C@@H]2[C@@H]([C@@H](C)O)C(=O)N12. The summed E-state index contributed by atoms with van der Waals surface area (Å²) < 4.78 is 14.9. The van der Waals surface area contributed by atoms with Crippen LogP contribution in [0.15, 0.2) is 21.5 Å². The van der Waals surface area contributed by atoms with Crippen LogP contribution in [0.4, 0.5) is 4.79 Å². The molecular weight excluding hydrogens is 496 g/mol. The van der Waals surface area contributed by atoms with Gasteiger partial charge >= 0.3 is 12.1 Å². The summed E-state index contributed by atoms with van der Waals surface area (Å²) >= 11 is 2.62. The minimum Gasteiger partial charge on any atom is -0.434 e. The summed E-state index contributed by atoms with van der Waals surface area (Å²) in [5, 5.41) is 21.2. The Morgan fingerprint density at radius 2 is 2.03 bits per heavy atom. The molecule has 0 radical (unpaired) electrons. The average Bonchev–Trinajstić information content (AvgIpc) is 3.34. The summed E-state index contributed by atoms with van der Waals surface area (Å²) in [4.78, 5) is 44.2. The molecule has 3 rings (SSSR count). The van der Waals surface area contributed by atoms with Crippen LogP contribution in [0.5, 0.6) is 0 Å². The van der Waals surface area contributed by atoms with Gasteiger partial charge < -0.3 is 29.3 Å². The van der Waals surface area contributed by atoms with Crippen molar-refractivity contribution in [3.8, 4) is 0 Å². The van der Waals surface area contributed by atoms with Crippen molar-refractivity contribution in [2.75, 3.05) is 13.4 Å². The van der Waals surface area contributed by atoms with Crippen LogP contribution in [0.3, 0.4) is 0 Å². The molecule has 2 aliphatic rings. The van der Waals surface area contributed by atoms with Crippen LogP contribution in [0.25, 0.3) is 6.08 Å². The number of carbonyl (C=O) groups is 3. The van der Waals surface area contributed by atoms with E-state index in [1.54, 1.807) is 23.9 Å². The number of aromatic nitrogens is 1. The normalized spacial score (nSPS) is 22.4. The van der Waals surface area contributed by atoms with Gasteiger partial charge in [0.25, 0.3) is 0 Å². The Balaban J connectivity index is 1.70. The van der Waals surface area contributed by atoms with Crippen molar-refractivity contribution in [1.29, 1.82) is 0 Å². The van der Waals surface area contributed by atoms with Crippen molar-refractivity contribution in [3.05, 3.63) is 32.1 Å². The van der Waals surface area contributed by atoms with Gasteiger partial charge in [-0.15, -0.1) is 11.3 Å². The number of aliphatic hydroxyl groups is 2. The number of hydrogen-bond acceptors (Lipinski definition) is 11. The molecule has 0 bridgehead atoms. The van der Waals surface area contributed by atoms with E-state index in [1.807, 2.05) is 20.8 Å². The molecule has 1 fully saturated rings. The van der Waals surface area contributed by atoms with Crippen molar-refractivity contribution in [1.82, 2.24) is 9.88 Å². The van der Waals surface area contributed by atoms with Crippen molar-refractivity contribution in [3.63, 3.8) is 0 Å². The molecular formula is C23H30N2O8S2. The van der Waals surface area contributed by atoms with E-state index >= 15 is 0 Å². The number of amides is 1. The minimum atomic E-state index is -0.943. The largest absolute Gasteiger partial charge is 0.511 e. The van der Waals surface area contributed by atoms with Gasteiger partial charge in [0, 0.05) is 10.8 Å². The molecule has 12 heteroatoms. The first-order chi connectivity index (χ1) is 16.7. The maximum Gasteiger partial charge on any atom is 0.511 e. The van der Waals surface area contributed by atoms with Gasteiger partial charge in [0.2, 0.25) is 12.7 Å². The van der Waals surface area contributed by atoms with E-state index < -0.39 is 30.9 Å². The van der Waals surface area contributed by atoms with Gasteiger partial charge in [0.15, 0.2) is 0 Å². The number of fused-ring (bicyclic) bond motifs is 1. The van der Waals surface area contributed by atoms with Gasteiger partial charge in [-0.3, -0.25) is 4.79 Å². The standard InChI is InChI=1S/C23H30N2O8S2/c1-12(2)5-7-31-23(30)33-11-32-22(29)19-20(34-8-6-16-15(9-26)24-10-35-16)13(3)18-17(14(4)27)21(28)25(18)19/h6,8,10,12-14,17-18,26-27H,5,7,9,11H2,1-4H3/b8-6-/t13-,14-,17-,18-/m1/s1. The number of nitrogens with zero attached hydrogens (tertiary/aromatic N) is 2. The molecule has 0 unspecified atom stereocenters. The van der Waals surface area contributed by atoms with Crippen molar-refractivity contribution < 1.29 is 38.8 Å². The lowest BCUT2D eigenvalue weighted by Crippen LogP contribution is -2.63. The number of aliphatic hydroxyl groups excluding tert-OH is 2. The summed E-state index contributed by atoms with van der Waals surface area (Å²) in [6.45, 7) is 6.77. The fourth-order valence-corrected chi connectivity index (χ4v) is 5.77. The smallest absolute Gasteiger partial charge is 0.434 e. The molecule has 0 aromatic carbocycles. The second-order valence-corrected chi connectivity index (χ2v) is 10.5. The zero-order valence-corrected chi connectivity index (χ0v) is 21.6. The highest BCUT2D eigenvalue weighted by Crippen LogP contribution is 2.51. The summed E-state index contributed by atoms with van der Waals surface area (Å²) in [5.41, 5.74) is 2.25. The quantitative estimate of drug-likeness (QED) is 0.251. The summed E-state index contributed by atoms with van der Waals surface area (Å²) in [6, 6.07) is -0.376. The topological polar surface area (TPSA) is 135 Å². The molecule has 0 aliphatic carbocycles. The zero-order chi connectivity index (χ0) is 25.7. The fraction of sp³-hybridized carbons (Fsp3) is 0.565. The van der Waals surface area contributed by atoms with E-state index in [9.17, 15) is 24.6 Å². The number of ether oxygens (including phenoxy) is 3. The van der Waals surface area contributed by atoms with Crippen molar-refractivity contribution in [2.45, 2.75) is 52.9 Å². The maximum absolute atomic E-state index is 12.9. The highest BCUT2D eigenvalue weighted by atomic mass is 32.2. The summed E-state index contributed by atoms with van der Waals surface area (Å²) in [5.74, 6) is -1.66. The predicted molar refractivity (Wildman–Crippen MR) is 130 cm³/mol. The van der Waals surface area contributed by atoms with Crippen LogP contribution in [0.2, 0.25) is 0 Å². The van der Waals surface area contributed by atoms with Gasteiger partial charge in [-0.1, -0.05) is 32.5 Å². The maximum atomic E-state index is 12.9. The third kappa shape index (κ3) is 6.05. The number of β-lactam (4-membered cyclic amide) rings is 1. The Kier molecular flexibility index (Phi) is 9.34. The number of thiazole rings is 1. The van der Waals surface area contributed by atoms with E-state index in [2.05, 4.69) is 4.98 Å². The van der Waals surface area contributed by atoms with Crippen molar-refractivity contribution >= 4 is 47.2 Å². The highest BCUT2D eigenvalue weighted by molar-refractivity contribution is 8.06. The first kappa shape index (κ1) is 27.2. The van der Waals surface area contributed by atoms with E-state index in [1.165, 1.54) is 28.0 Å². The van der Waals surface area contributed by atoms with Gasteiger partial charge in [0.05, 0.1) is 47.4 Å². The van der Waals surface area contributed by atoms with Gasteiger partial charge in [-0.25, -0.2) is 14.6 Å². The number of rotatable bonds is 11. The molecule has 0 saturated carbocycles. The van der Waals surface area contributed by atoms with Gasteiger partial charge in [0.1, 0.15) is 5.70 Å². The minimum absolute atomic E-state index is 0.0718. The van der Waals surface area contributed by atoms with Crippen LogP contribution in [0, 0.1) is 17.8 Å². The van der Waals surface area contributed by atoms with E-state index in [0.29, 0.717) is 22.9 Å². The Morgan fingerprint density at radius 1 is 1.29 bits per heavy atom. The first-order valence-corrected chi connectivity index (χ1v) is 13.0. The second-order valence-electron chi connectivity index (χ2n) is 8.68. The molecule has 0 spiro atoms. The lowest BCUT2D eigenvalue weighted by atomic mass is 9.79. The molecule has 1 aromatic rings. The van der Waals surface area contributed by atoms with Crippen LogP contribution in [0.1, 0.15) is 44.7 Å². The monoisotopic (exact) mass is 526 g/mol. The molecule has 2 N–H and O–H groups in total. The van der Waals surface area contributed by atoms with Gasteiger partial charge in [-0.05, 0) is 30.7 Å². The molecule has 10 nitrogen and oxygen atoms in total. The molecule has 1 aromatic heterocycles. The Hall–Kier alpha value is -2.41. The molecule has 3 heterocycles. The summed E-state index contributed by atoms with van der Waals surface area (Å²) in [6.07, 6.45) is 0.645.